The highest BCUT2D eigenvalue weighted by molar-refractivity contribution is 6.32. The number of halogens is 1. The molecule has 118 valence electrons. The Morgan fingerprint density at radius 1 is 1.10 bits per heavy atom. The normalized spacial score (nSPS) is 17.1. The molecule has 0 unspecified atom stereocenters. The third kappa shape index (κ3) is 5.83. The summed E-state index contributed by atoms with van der Waals surface area (Å²) in [6.45, 7) is 9.46. The highest BCUT2D eigenvalue weighted by atomic mass is 35.5. The number of nitrogens with zero attached hydrogens (tertiary/aromatic N) is 2. The molecule has 1 aliphatic heterocycles. The quantitative estimate of drug-likeness (QED) is 0.721. The van der Waals surface area contributed by atoms with Gasteiger partial charge >= 0.3 is 0 Å². The Labute approximate surface area is 132 Å². The Kier molecular flexibility index (Phi) is 6.77. The molecule has 1 aliphatic rings. The van der Waals surface area contributed by atoms with E-state index in [1.807, 2.05) is 25.1 Å². The lowest BCUT2D eigenvalue weighted by Gasteiger charge is -2.32. The largest absolute Gasteiger partial charge is 0.490 e. The van der Waals surface area contributed by atoms with Crippen molar-refractivity contribution in [2.45, 2.75) is 6.92 Å². The van der Waals surface area contributed by atoms with E-state index >= 15 is 0 Å². The molecule has 4 nitrogen and oxygen atoms in total. The number of rotatable bonds is 7. The standard InChI is InChI=1S/C16H25ClN2O2/c1-14-3-4-16(15(17)13-14)21-12-11-20-10-9-19-7-5-18(2)6-8-19/h3-4,13H,5-12H2,1-2H3. The van der Waals surface area contributed by atoms with Gasteiger partial charge in [-0.25, -0.2) is 0 Å². The summed E-state index contributed by atoms with van der Waals surface area (Å²) in [6, 6.07) is 5.81. The van der Waals surface area contributed by atoms with Crippen LogP contribution in [0.15, 0.2) is 18.2 Å². The zero-order chi connectivity index (χ0) is 15.1. The monoisotopic (exact) mass is 312 g/mol. The van der Waals surface area contributed by atoms with Crippen LogP contribution in [0.1, 0.15) is 5.56 Å². The number of aryl methyl sites for hydroxylation is 1. The van der Waals surface area contributed by atoms with Crippen LogP contribution in [-0.4, -0.2) is 69.4 Å². The summed E-state index contributed by atoms with van der Waals surface area (Å²) in [7, 11) is 2.17. The first-order valence-corrected chi connectivity index (χ1v) is 7.90. The molecule has 5 heteroatoms. The second-order valence-corrected chi connectivity index (χ2v) is 5.95. The van der Waals surface area contributed by atoms with Gasteiger partial charge in [-0.3, -0.25) is 4.90 Å². The number of hydrogen-bond acceptors (Lipinski definition) is 4. The van der Waals surface area contributed by atoms with E-state index in [0.717, 1.165) is 50.6 Å². The molecule has 1 heterocycles. The topological polar surface area (TPSA) is 24.9 Å². The number of hydrogen-bond donors (Lipinski definition) is 0. The molecule has 0 aromatic heterocycles. The second-order valence-electron chi connectivity index (χ2n) is 5.54. The van der Waals surface area contributed by atoms with Crippen LogP contribution in [0.3, 0.4) is 0 Å². The summed E-state index contributed by atoms with van der Waals surface area (Å²) < 4.78 is 11.2. The van der Waals surface area contributed by atoms with Crippen molar-refractivity contribution in [1.82, 2.24) is 9.80 Å². The molecule has 1 aromatic rings. The van der Waals surface area contributed by atoms with Gasteiger partial charge in [0.1, 0.15) is 12.4 Å². The molecule has 0 N–H and O–H groups in total. The molecule has 1 aromatic carbocycles. The highest BCUT2D eigenvalue weighted by Gasteiger charge is 2.12. The van der Waals surface area contributed by atoms with Crippen molar-refractivity contribution < 1.29 is 9.47 Å². The molecule has 0 bridgehead atoms. The Balaban J connectivity index is 1.54. The molecule has 0 amide bonds. The van der Waals surface area contributed by atoms with Crippen molar-refractivity contribution in [1.29, 1.82) is 0 Å². The minimum atomic E-state index is 0.533. The SMILES string of the molecule is Cc1ccc(OCCOCCN2CCN(C)CC2)c(Cl)c1. The van der Waals surface area contributed by atoms with Gasteiger partial charge in [0, 0.05) is 32.7 Å². The number of ether oxygens (including phenoxy) is 2. The van der Waals surface area contributed by atoms with Crippen LogP contribution in [-0.2, 0) is 4.74 Å². The molecule has 2 rings (SSSR count). The van der Waals surface area contributed by atoms with Gasteiger partial charge in [-0.1, -0.05) is 17.7 Å². The first-order chi connectivity index (χ1) is 10.1. The van der Waals surface area contributed by atoms with Crippen molar-refractivity contribution in [3.8, 4) is 5.75 Å². The van der Waals surface area contributed by atoms with Gasteiger partial charge in [0.25, 0.3) is 0 Å². The fourth-order valence-electron chi connectivity index (χ4n) is 2.30. The van der Waals surface area contributed by atoms with Gasteiger partial charge < -0.3 is 14.4 Å². The van der Waals surface area contributed by atoms with Gasteiger partial charge in [-0.2, -0.15) is 0 Å². The molecule has 0 saturated carbocycles. The third-order valence-corrected chi connectivity index (χ3v) is 4.02. The van der Waals surface area contributed by atoms with Gasteiger partial charge in [0.2, 0.25) is 0 Å². The minimum absolute atomic E-state index is 0.533. The molecule has 0 aliphatic carbocycles. The summed E-state index contributed by atoms with van der Waals surface area (Å²) in [6.07, 6.45) is 0. The summed E-state index contributed by atoms with van der Waals surface area (Å²) in [5, 5.41) is 0.660. The van der Waals surface area contributed by atoms with Crippen LogP contribution in [0.25, 0.3) is 0 Å². The Hall–Kier alpha value is -0.810. The van der Waals surface area contributed by atoms with Crippen molar-refractivity contribution in [3.63, 3.8) is 0 Å². The lowest BCUT2D eigenvalue weighted by Crippen LogP contribution is -2.45. The zero-order valence-corrected chi connectivity index (χ0v) is 13.7. The van der Waals surface area contributed by atoms with Crippen molar-refractivity contribution in [3.05, 3.63) is 28.8 Å². The molecule has 1 saturated heterocycles. The molecular formula is C16H25ClN2O2. The molecule has 1 fully saturated rings. The Bertz CT molecular complexity index is 434. The van der Waals surface area contributed by atoms with E-state index in [2.05, 4.69) is 16.8 Å². The van der Waals surface area contributed by atoms with Crippen molar-refractivity contribution in [2.75, 3.05) is 59.6 Å². The average Bonchev–Trinajstić information content (AvgIpc) is 2.46. The van der Waals surface area contributed by atoms with Crippen LogP contribution >= 0.6 is 11.6 Å². The molecule has 21 heavy (non-hydrogen) atoms. The number of benzene rings is 1. The first-order valence-electron chi connectivity index (χ1n) is 7.53. The average molecular weight is 313 g/mol. The van der Waals surface area contributed by atoms with Crippen molar-refractivity contribution >= 4 is 11.6 Å². The zero-order valence-electron chi connectivity index (χ0n) is 13.0. The van der Waals surface area contributed by atoms with E-state index in [-0.39, 0.29) is 0 Å². The third-order valence-electron chi connectivity index (χ3n) is 3.72. The maximum absolute atomic E-state index is 6.11. The number of piperazine rings is 1. The van der Waals surface area contributed by atoms with Crippen LogP contribution < -0.4 is 4.74 Å². The van der Waals surface area contributed by atoms with Crippen LogP contribution in [0.4, 0.5) is 0 Å². The minimum Gasteiger partial charge on any atom is -0.490 e. The maximum Gasteiger partial charge on any atom is 0.138 e. The van der Waals surface area contributed by atoms with E-state index in [1.165, 1.54) is 0 Å². The van der Waals surface area contributed by atoms with Crippen LogP contribution in [0.2, 0.25) is 5.02 Å². The van der Waals surface area contributed by atoms with E-state index in [0.29, 0.717) is 18.2 Å². The summed E-state index contributed by atoms with van der Waals surface area (Å²) in [4.78, 5) is 4.80. The molecule has 0 atom stereocenters. The predicted octanol–water partition coefficient (Wildman–Crippen LogP) is 2.29. The Morgan fingerprint density at radius 3 is 2.57 bits per heavy atom. The molecule has 0 spiro atoms. The van der Waals surface area contributed by atoms with Gasteiger partial charge in [-0.15, -0.1) is 0 Å². The van der Waals surface area contributed by atoms with Crippen molar-refractivity contribution in [2.24, 2.45) is 0 Å². The summed E-state index contributed by atoms with van der Waals surface area (Å²) in [5.41, 5.74) is 1.13. The molecule has 0 radical (unpaired) electrons. The second kappa shape index (κ2) is 8.59. The van der Waals surface area contributed by atoms with E-state index in [4.69, 9.17) is 21.1 Å². The molecular weight excluding hydrogens is 288 g/mol. The number of likely N-dealkylation sites (N-methyl/N-ethyl adjacent to an activating group) is 1. The fourth-order valence-corrected chi connectivity index (χ4v) is 2.59. The van der Waals surface area contributed by atoms with E-state index in [9.17, 15) is 0 Å². The maximum atomic E-state index is 6.11. The lowest BCUT2D eigenvalue weighted by atomic mass is 10.2. The highest BCUT2D eigenvalue weighted by Crippen LogP contribution is 2.24. The first kappa shape index (κ1) is 16.6. The van der Waals surface area contributed by atoms with Gasteiger partial charge in [0.15, 0.2) is 0 Å². The van der Waals surface area contributed by atoms with Crippen LogP contribution in [0, 0.1) is 6.92 Å². The van der Waals surface area contributed by atoms with E-state index < -0.39 is 0 Å². The fraction of sp³-hybridized carbons (Fsp3) is 0.625. The smallest absolute Gasteiger partial charge is 0.138 e. The summed E-state index contributed by atoms with van der Waals surface area (Å²) in [5.74, 6) is 0.727. The van der Waals surface area contributed by atoms with E-state index in [1.54, 1.807) is 0 Å². The van der Waals surface area contributed by atoms with Gasteiger partial charge in [-0.05, 0) is 31.7 Å². The Morgan fingerprint density at radius 2 is 1.86 bits per heavy atom. The van der Waals surface area contributed by atoms with Gasteiger partial charge in [0.05, 0.1) is 18.2 Å². The lowest BCUT2D eigenvalue weighted by molar-refractivity contribution is 0.0658. The summed E-state index contributed by atoms with van der Waals surface area (Å²) >= 11 is 6.11. The predicted molar refractivity (Wildman–Crippen MR) is 86.4 cm³/mol. The van der Waals surface area contributed by atoms with Crippen LogP contribution in [0.5, 0.6) is 5.75 Å².